The largest absolute Gasteiger partial charge is 0.480 e. The van der Waals surface area contributed by atoms with Crippen LogP contribution >= 0.6 is 11.3 Å². The molecule has 5 nitrogen and oxygen atoms in total. The van der Waals surface area contributed by atoms with Crippen molar-refractivity contribution in [1.82, 2.24) is 0 Å². The monoisotopic (exact) mass is 225 g/mol. The molecule has 2 rings (SSSR count). The summed E-state index contributed by atoms with van der Waals surface area (Å²) in [5, 5.41) is 8.76. The van der Waals surface area contributed by atoms with Crippen molar-refractivity contribution in [2.24, 2.45) is 5.73 Å². The Balaban J connectivity index is 2.70. The average molecular weight is 225 g/mol. The molecule has 0 saturated carbocycles. The van der Waals surface area contributed by atoms with Crippen LogP contribution in [-0.2, 0) is 4.79 Å². The van der Waals surface area contributed by atoms with E-state index in [2.05, 4.69) is 0 Å². The minimum Gasteiger partial charge on any atom is -0.480 e. The first-order chi connectivity index (χ1) is 7.09. The lowest BCUT2D eigenvalue weighted by Gasteiger charge is -2.05. The molecule has 0 bridgehead atoms. The van der Waals surface area contributed by atoms with E-state index >= 15 is 0 Å². The van der Waals surface area contributed by atoms with Crippen molar-refractivity contribution >= 4 is 27.6 Å². The van der Waals surface area contributed by atoms with Gasteiger partial charge >= 0.3 is 10.9 Å². The zero-order valence-electron chi connectivity index (χ0n) is 7.47. The molecule has 1 unspecified atom stereocenters. The molecular weight excluding hydrogens is 218 g/mol. The van der Waals surface area contributed by atoms with E-state index in [1.54, 1.807) is 12.1 Å². The standard InChI is InChI=1S/C9H7NO4S/c10-6(8(11)12)4-2-1-3-5-7(4)14-9(13)15-5/h1-3,6H,10H2,(H,11,12). The van der Waals surface area contributed by atoms with Crippen LogP contribution in [0.4, 0.5) is 0 Å². The van der Waals surface area contributed by atoms with Crippen LogP contribution in [0.15, 0.2) is 27.4 Å². The Morgan fingerprint density at radius 2 is 2.27 bits per heavy atom. The van der Waals surface area contributed by atoms with Crippen LogP contribution in [0.1, 0.15) is 11.6 Å². The van der Waals surface area contributed by atoms with Crippen LogP contribution in [0.25, 0.3) is 10.3 Å². The summed E-state index contributed by atoms with van der Waals surface area (Å²) in [4.78, 5) is 21.2. The number of aliphatic carboxylic acids is 1. The lowest BCUT2D eigenvalue weighted by Crippen LogP contribution is -2.20. The number of carboxylic acids is 1. The molecular formula is C9H7NO4S. The highest BCUT2D eigenvalue weighted by Gasteiger charge is 2.19. The lowest BCUT2D eigenvalue weighted by atomic mass is 10.1. The molecule has 0 amide bonds. The molecule has 0 spiro atoms. The molecule has 1 atom stereocenters. The van der Waals surface area contributed by atoms with E-state index in [0.29, 0.717) is 10.3 Å². The zero-order chi connectivity index (χ0) is 11.0. The number of carboxylic acid groups (broad SMARTS) is 1. The van der Waals surface area contributed by atoms with E-state index in [9.17, 15) is 9.59 Å². The first-order valence-electron chi connectivity index (χ1n) is 4.10. The van der Waals surface area contributed by atoms with Gasteiger partial charge in [0.05, 0.1) is 4.70 Å². The molecule has 1 aromatic heterocycles. The van der Waals surface area contributed by atoms with Gasteiger partial charge in [-0.1, -0.05) is 23.5 Å². The highest BCUT2D eigenvalue weighted by atomic mass is 32.1. The van der Waals surface area contributed by atoms with Crippen LogP contribution in [0, 0.1) is 0 Å². The number of hydrogen-bond donors (Lipinski definition) is 2. The topological polar surface area (TPSA) is 93.5 Å². The quantitative estimate of drug-likeness (QED) is 0.793. The minimum absolute atomic E-state index is 0.266. The van der Waals surface area contributed by atoms with Crippen LogP contribution < -0.4 is 10.7 Å². The number of carbonyl (C=O) groups is 1. The highest BCUT2D eigenvalue weighted by Crippen LogP contribution is 2.24. The predicted molar refractivity (Wildman–Crippen MR) is 54.9 cm³/mol. The molecule has 1 heterocycles. The third-order valence-corrected chi connectivity index (χ3v) is 2.78. The normalized spacial score (nSPS) is 12.9. The Kier molecular flexibility index (Phi) is 2.29. The summed E-state index contributed by atoms with van der Waals surface area (Å²) in [5.41, 5.74) is 6.04. The van der Waals surface area contributed by atoms with Crippen molar-refractivity contribution < 1.29 is 14.3 Å². The molecule has 78 valence electrons. The molecule has 0 aliphatic rings. The zero-order valence-corrected chi connectivity index (χ0v) is 8.28. The van der Waals surface area contributed by atoms with Crippen molar-refractivity contribution in [3.05, 3.63) is 33.5 Å². The van der Waals surface area contributed by atoms with Gasteiger partial charge < -0.3 is 15.3 Å². The minimum atomic E-state index is -1.17. The van der Waals surface area contributed by atoms with Gasteiger partial charge in [-0.3, -0.25) is 4.79 Å². The van der Waals surface area contributed by atoms with E-state index < -0.39 is 17.0 Å². The third-order valence-electron chi connectivity index (χ3n) is 1.99. The third kappa shape index (κ3) is 1.64. The van der Waals surface area contributed by atoms with Gasteiger partial charge in [0, 0.05) is 5.56 Å². The first-order valence-corrected chi connectivity index (χ1v) is 4.92. The predicted octanol–water partition coefficient (Wildman–Crippen LogP) is 0.939. The summed E-state index contributed by atoms with van der Waals surface area (Å²) in [6.07, 6.45) is 0. The van der Waals surface area contributed by atoms with Gasteiger partial charge in [-0.25, -0.2) is 4.79 Å². The Morgan fingerprint density at radius 3 is 2.93 bits per heavy atom. The first kappa shape index (κ1) is 9.88. The van der Waals surface area contributed by atoms with E-state index in [-0.39, 0.29) is 5.58 Å². The maximum absolute atomic E-state index is 11.0. The Bertz CT molecular complexity index is 571. The van der Waals surface area contributed by atoms with Crippen molar-refractivity contribution in [1.29, 1.82) is 0 Å². The second-order valence-electron chi connectivity index (χ2n) is 2.94. The molecule has 15 heavy (non-hydrogen) atoms. The van der Waals surface area contributed by atoms with Gasteiger partial charge in [-0.05, 0) is 6.07 Å². The van der Waals surface area contributed by atoms with Gasteiger partial charge in [-0.2, -0.15) is 0 Å². The van der Waals surface area contributed by atoms with Gasteiger partial charge in [0.25, 0.3) is 0 Å². The number of fused-ring (bicyclic) bond motifs is 1. The van der Waals surface area contributed by atoms with E-state index in [1.807, 2.05) is 0 Å². The second kappa shape index (κ2) is 3.48. The molecule has 0 aliphatic carbocycles. The summed E-state index contributed by atoms with van der Waals surface area (Å²) >= 11 is 0.925. The van der Waals surface area contributed by atoms with Crippen molar-refractivity contribution in [3.63, 3.8) is 0 Å². The maximum Gasteiger partial charge on any atom is 0.396 e. The fraction of sp³-hybridized carbons (Fsp3) is 0.111. The average Bonchev–Trinajstić information content (AvgIpc) is 2.56. The summed E-state index contributed by atoms with van der Waals surface area (Å²) < 4.78 is 5.50. The molecule has 0 fully saturated rings. The number of rotatable bonds is 2. The Labute approximate surface area is 87.7 Å². The number of para-hydroxylation sites is 1. The molecule has 3 N–H and O–H groups in total. The Morgan fingerprint density at radius 1 is 1.53 bits per heavy atom. The molecule has 0 aliphatic heterocycles. The molecule has 1 aromatic carbocycles. The summed E-state index contributed by atoms with van der Waals surface area (Å²) in [5.74, 6) is -1.16. The second-order valence-corrected chi connectivity index (χ2v) is 3.92. The molecule has 6 heteroatoms. The van der Waals surface area contributed by atoms with Gasteiger partial charge in [-0.15, -0.1) is 0 Å². The van der Waals surface area contributed by atoms with Crippen molar-refractivity contribution in [2.45, 2.75) is 6.04 Å². The smallest absolute Gasteiger partial charge is 0.396 e. The van der Waals surface area contributed by atoms with Gasteiger partial charge in [0.1, 0.15) is 6.04 Å². The van der Waals surface area contributed by atoms with Crippen LogP contribution in [-0.4, -0.2) is 11.1 Å². The maximum atomic E-state index is 11.0. The molecule has 0 saturated heterocycles. The fourth-order valence-electron chi connectivity index (χ4n) is 1.29. The highest BCUT2D eigenvalue weighted by molar-refractivity contribution is 7.16. The number of hydrogen-bond acceptors (Lipinski definition) is 5. The van der Waals surface area contributed by atoms with Gasteiger partial charge in [0.2, 0.25) is 0 Å². The number of benzene rings is 1. The van der Waals surface area contributed by atoms with Crippen molar-refractivity contribution in [2.75, 3.05) is 0 Å². The van der Waals surface area contributed by atoms with Crippen LogP contribution in [0.5, 0.6) is 0 Å². The SMILES string of the molecule is NC(C(=O)O)c1cccc2sc(=O)oc12. The van der Waals surface area contributed by atoms with E-state index in [0.717, 1.165) is 11.3 Å². The summed E-state index contributed by atoms with van der Waals surface area (Å²) in [7, 11) is 0. The van der Waals surface area contributed by atoms with E-state index in [4.69, 9.17) is 15.3 Å². The summed E-state index contributed by atoms with van der Waals surface area (Å²) in [6.45, 7) is 0. The fourth-order valence-corrected chi connectivity index (χ4v) is 2.00. The molecule has 2 aromatic rings. The number of nitrogens with two attached hydrogens (primary N) is 1. The lowest BCUT2D eigenvalue weighted by molar-refractivity contribution is -0.138. The summed E-state index contributed by atoms with van der Waals surface area (Å²) in [6, 6.07) is 3.69. The van der Waals surface area contributed by atoms with Gasteiger partial charge in [0.15, 0.2) is 5.58 Å². The van der Waals surface area contributed by atoms with Crippen LogP contribution in [0.2, 0.25) is 0 Å². The Hall–Kier alpha value is -1.66. The van der Waals surface area contributed by atoms with E-state index in [1.165, 1.54) is 6.07 Å². The van der Waals surface area contributed by atoms with Crippen LogP contribution in [0.3, 0.4) is 0 Å². The molecule has 0 radical (unpaired) electrons. The van der Waals surface area contributed by atoms with Crippen molar-refractivity contribution in [3.8, 4) is 0 Å².